The van der Waals surface area contributed by atoms with E-state index in [1.54, 1.807) is 0 Å². The molecule has 3 rings (SSSR count). The van der Waals surface area contributed by atoms with E-state index in [0.717, 1.165) is 22.5 Å². The monoisotopic (exact) mass is 349 g/mol. The van der Waals surface area contributed by atoms with Crippen LogP contribution in [0.5, 0.6) is 0 Å². The van der Waals surface area contributed by atoms with Crippen LogP contribution in [-0.2, 0) is 6.54 Å². The van der Waals surface area contributed by atoms with E-state index in [9.17, 15) is 0 Å². The number of rotatable bonds is 2. The summed E-state index contributed by atoms with van der Waals surface area (Å²) in [7, 11) is 0. The Hall–Kier alpha value is -1.40. The van der Waals surface area contributed by atoms with Gasteiger partial charge in [0.1, 0.15) is 5.65 Å². The zero-order valence-electron chi connectivity index (χ0n) is 9.68. The molecule has 0 fully saturated rings. The highest BCUT2D eigenvalue weighted by Crippen LogP contribution is 2.20. The number of benzene rings is 1. The average Bonchev–Trinajstić information content (AvgIpc) is 2.82. The zero-order valence-corrected chi connectivity index (χ0v) is 11.8. The molecule has 2 heterocycles. The highest BCUT2D eigenvalue weighted by Gasteiger charge is 2.04. The number of halogens is 1. The van der Waals surface area contributed by atoms with Gasteiger partial charge < -0.3 is 10.1 Å². The fraction of sp³-hybridized carbons (Fsp3) is 0.0714. The van der Waals surface area contributed by atoms with Crippen molar-refractivity contribution in [2.75, 3.05) is 0 Å². The lowest BCUT2D eigenvalue weighted by atomic mass is 10.2. The Morgan fingerprint density at radius 1 is 1.17 bits per heavy atom. The Morgan fingerprint density at radius 3 is 2.67 bits per heavy atom. The molecule has 0 amide bonds. The standard InChI is InChI=1S/C14H12IN3/c15-12-3-1-11(2-4-12)13-9-18-6-5-10(8-16)7-14(18)17-13/h1-7,9H,8,16H2. The molecule has 0 aliphatic heterocycles. The van der Waals surface area contributed by atoms with Crippen LogP contribution in [0.2, 0.25) is 0 Å². The van der Waals surface area contributed by atoms with Gasteiger partial charge in [0.15, 0.2) is 0 Å². The second-order valence-corrected chi connectivity index (χ2v) is 5.38. The molecule has 2 N–H and O–H groups in total. The Morgan fingerprint density at radius 2 is 1.94 bits per heavy atom. The molecule has 0 spiro atoms. The molecule has 0 radical (unpaired) electrons. The molecule has 0 saturated carbocycles. The van der Waals surface area contributed by atoms with Crippen molar-refractivity contribution in [3.05, 3.63) is 57.9 Å². The fourth-order valence-corrected chi connectivity index (χ4v) is 2.27. The van der Waals surface area contributed by atoms with E-state index in [-0.39, 0.29) is 0 Å². The van der Waals surface area contributed by atoms with Gasteiger partial charge in [-0.2, -0.15) is 0 Å². The molecular weight excluding hydrogens is 337 g/mol. The lowest BCUT2D eigenvalue weighted by molar-refractivity contribution is 1.05. The molecule has 0 saturated heterocycles. The van der Waals surface area contributed by atoms with Crippen molar-refractivity contribution in [2.24, 2.45) is 5.73 Å². The van der Waals surface area contributed by atoms with Gasteiger partial charge in [-0.05, 0) is 52.4 Å². The van der Waals surface area contributed by atoms with Crippen LogP contribution in [0, 0.1) is 3.57 Å². The first kappa shape index (κ1) is 11.7. The van der Waals surface area contributed by atoms with Gasteiger partial charge in [0.05, 0.1) is 5.69 Å². The highest BCUT2D eigenvalue weighted by molar-refractivity contribution is 14.1. The summed E-state index contributed by atoms with van der Waals surface area (Å²) < 4.78 is 3.25. The van der Waals surface area contributed by atoms with Crippen LogP contribution in [-0.4, -0.2) is 9.38 Å². The van der Waals surface area contributed by atoms with Crippen molar-refractivity contribution in [2.45, 2.75) is 6.54 Å². The predicted molar refractivity (Wildman–Crippen MR) is 81.2 cm³/mol. The van der Waals surface area contributed by atoms with Crippen molar-refractivity contribution in [1.29, 1.82) is 0 Å². The Balaban J connectivity index is 2.10. The van der Waals surface area contributed by atoms with Crippen LogP contribution >= 0.6 is 22.6 Å². The average molecular weight is 349 g/mol. The molecule has 0 aliphatic rings. The number of imidazole rings is 1. The van der Waals surface area contributed by atoms with Gasteiger partial charge in [-0.1, -0.05) is 12.1 Å². The van der Waals surface area contributed by atoms with E-state index in [1.807, 2.05) is 28.9 Å². The van der Waals surface area contributed by atoms with E-state index < -0.39 is 0 Å². The van der Waals surface area contributed by atoms with Crippen LogP contribution in [0.15, 0.2) is 48.8 Å². The van der Waals surface area contributed by atoms with E-state index >= 15 is 0 Å². The maximum atomic E-state index is 5.64. The third-order valence-corrected chi connectivity index (χ3v) is 3.62. The summed E-state index contributed by atoms with van der Waals surface area (Å²) in [4.78, 5) is 4.63. The van der Waals surface area contributed by atoms with Crippen molar-refractivity contribution in [3.8, 4) is 11.3 Å². The van der Waals surface area contributed by atoms with Crippen molar-refractivity contribution in [3.63, 3.8) is 0 Å². The summed E-state index contributed by atoms with van der Waals surface area (Å²) in [5.74, 6) is 0. The van der Waals surface area contributed by atoms with E-state index in [2.05, 4.69) is 51.8 Å². The summed E-state index contributed by atoms with van der Waals surface area (Å²) in [5, 5.41) is 0. The Labute approximate surface area is 119 Å². The molecule has 3 nitrogen and oxygen atoms in total. The normalized spacial score (nSPS) is 11.0. The maximum Gasteiger partial charge on any atom is 0.137 e. The Bertz CT molecular complexity index is 686. The second kappa shape index (κ2) is 4.70. The summed E-state index contributed by atoms with van der Waals surface area (Å²) in [6.07, 6.45) is 4.04. The highest BCUT2D eigenvalue weighted by atomic mass is 127. The summed E-state index contributed by atoms with van der Waals surface area (Å²) in [6, 6.07) is 12.4. The smallest absolute Gasteiger partial charge is 0.137 e. The molecule has 0 bridgehead atoms. The first-order chi connectivity index (χ1) is 8.76. The molecule has 1 aromatic carbocycles. The van der Waals surface area contributed by atoms with E-state index in [4.69, 9.17) is 5.73 Å². The van der Waals surface area contributed by atoms with Crippen LogP contribution in [0.3, 0.4) is 0 Å². The number of pyridine rings is 1. The largest absolute Gasteiger partial charge is 0.326 e. The molecule has 0 atom stereocenters. The van der Waals surface area contributed by atoms with Gasteiger partial charge in [-0.15, -0.1) is 0 Å². The maximum absolute atomic E-state index is 5.64. The second-order valence-electron chi connectivity index (χ2n) is 4.14. The van der Waals surface area contributed by atoms with Crippen molar-refractivity contribution in [1.82, 2.24) is 9.38 Å². The molecule has 2 aromatic heterocycles. The molecule has 4 heteroatoms. The summed E-state index contributed by atoms with van der Waals surface area (Å²) in [6.45, 7) is 0.544. The van der Waals surface area contributed by atoms with Gasteiger partial charge in [-0.3, -0.25) is 0 Å². The zero-order chi connectivity index (χ0) is 12.5. The number of hydrogen-bond donors (Lipinski definition) is 1. The number of hydrogen-bond acceptors (Lipinski definition) is 2. The number of fused-ring (bicyclic) bond motifs is 1. The van der Waals surface area contributed by atoms with Crippen molar-refractivity contribution >= 4 is 28.2 Å². The number of nitrogens with two attached hydrogens (primary N) is 1. The Kier molecular flexibility index (Phi) is 3.05. The van der Waals surface area contributed by atoms with Gasteiger partial charge in [0.25, 0.3) is 0 Å². The third kappa shape index (κ3) is 2.13. The van der Waals surface area contributed by atoms with Crippen molar-refractivity contribution < 1.29 is 0 Å². The number of aromatic nitrogens is 2. The SMILES string of the molecule is NCc1ccn2cc(-c3ccc(I)cc3)nc2c1. The minimum atomic E-state index is 0.544. The lowest BCUT2D eigenvalue weighted by Crippen LogP contribution is -1.96. The lowest BCUT2D eigenvalue weighted by Gasteiger charge is -1.96. The molecular formula is C14H12IN3. The first-order valence-electron chi connectivity index (χ1n) is 5.70. The van der Waals surface area contributed by atoms with E-state index in [1.165, 1.54) is 3.57 Å². The first-order valence-corrected chi connectivity index (χ1v) is 6.78. The van der Waals surface area contributed by atoms with Crippen LogP contribution in [0.1, 0.15) is 5.56 Å². The molecule has 3 aromatic rings. The fourth-order valence-electron chi connectivity index (χ4n) is 1.91. The molecule has 0 aliphatic carbocycles. The molecule has 0 unspecified atom stereocenters. The summed E-state index contributed by atoms with van der Waals surface area (Å²) >= 11 is 2.30. The minimum Gasteiger partial charge on any atom is -0.326 e. The summed E-state index contributed by atoms with van der Waals surface area (Å²) in [5.41, 5.74) is 9.79. The molecule has 18 heavy (non-hydrogen) atoms. The minimum absolute atomic E-state index is 0.544. The van der Waals surface area contributed by atoms with Crippen LogP contribution in [0.4, 0.5) is 0 Å². The van der Waals surface area contributed by atoms with Gasteiger partial charge in [-0.25, -0.2) is 4.98 Å². The van der Waals surface area contributed by atoms with Gasteiger partial charge in [0, 0.05) is 28.1 Å². The van der Waals surface area contributed by atoms with Gasteiger partial charge >= 0.3 is 0 Å². The van der Waals surface area contributed by atoms with Crippen LogP contribution in [0.25, 0.3) is 16.9 Å². The third-order valence-electron chi connectivity index (χ3n) is 2.90. The quantitative estimate of drug-likeness (QED) is 0.723. The molecule has 90 valence electrons. The predicted octanol–water partition coefficient (Wildman–Crippen LogP) is 3.06. The van der Waals surface area contributed by atoms with Gasteiger partial charge in [0.2, 0.25) is 0 Å². The van der Waals surface area contributed by atoms with E-state index in [0.29, 0.717) is 6.54 Å². The topological polar surface area (TPSA) is 43.3 Å². The number of nitrogens with zero attached hydrogens (tertiary/aromatic N) is 2. The van der Waals surface area contributed by atoms with Crippen LogP contribution < -0.4 is 5.73 Å².